The number of hydrogen-bond donors (Lipinski definition) is 1. The lowest BCUT2D eigenvalue weighted by Crippen LogP contribution is -2.45. The number of carbonyl (C=O) groups excluding carboxylic acids is 1. The lowest BCUT2D eigenvalue weighted by molar-refractivity contribution is -0.131. The third kappa shape index (κ3) is 4.03. The van der Waals surface area contributed by atoms with Crippen molar-refractivity contribution in [3.63, 3.8) is 0 Å². The molecule has 1 amide bonds. The van der Waals surface area contributed by atoms with Crippen LogP contribution in [0, 0.1) is 0 Å². The van der Waals surface area contributed by atoms with Gasteiger partial charge in [0.1, 0.15) is 13.2 Å². The quantitative estimate of drug-likeness (QED) is 0.882. The summed E-state index contributed by atoms with van der Waals surface area (Å²) < 4.78 is 23.3. The molecule has 1 aromatic carbocycles. The van der Waals surface area contributed by atoms with E-state index in [0.29, 0.717) is 41.9 Å². The number of benzene rings is 1. The van der Waals surface area contributed by atoms with E-state index in [9.17, 15) is 9.00 Å². The molecule has 2 unspecified atom stereocenters. The number of hydrogen-bond acceptors (Lipinski definition) is 5. The van der Waals surface area contributed by atoms with E-state index in [0.717, 1.165) is 19.4 Å². The maximum Gasteiger partial charge on any atom is 0.223 e. The normalized spacial score (nSPS) is 21.8. The number of rotatable bonds is 4. The summed E-state index contributed by atoms with van der Waals surface area (Å²) in [5.74, 6) is 1.64. The molecule has 1 fully saturated rings. The second kappa shape index (κ2) is 7.31. The van der Waals surface area contributed by atoms with E-state index < -0.39 is 10.8 Å². The Morgan fingerprint density at radius 3 is 2.87 bits per heavy atom. The first-order valence-electron chi connectivity index (χ1n) is 7.95. The van der Waals surface area contributed by atoms with Crippen molar-refractivity contribution in [2.24, 2.45) is 5.73 Å². The minimum atomic E-state index is -1.23. The van der Waals surface area contributed by atoms with Crippen LogP contribution in [0.2, 0.25) is 0 Å². The fraction of sp³-hybridized carbons (Fsp3) is 0.562. The highest BCUT2D eigenvalue weighted by Crippen LogP contribution is 2.31. The molecule has 2 N–H and O–H groups in total. The minimum Gasteiger partial charge on any atom is -0.486 e. The van der Waals surface area contributed by atoms with Gasteiger partial charge in [-0.3, -0.25) is 9.00 Å². The SMILES string of the molecule is NC1CCCN(C(=O)CCS(=O)c2ccc3c(c2)OCCO3)C1. The molecule has 0 saturated carbocycles. The van der Waals surface area contributed by atoms with Gasteiger partial charge in [-0.25, -0.2) is 0 Å². The van der Waals surface area contributed by atoms with Crippen molar-refractivity contribution < 1.29 is 18.5 Å². The molecule has 2 heterocycles. The van der Waals surface area contributed by atoms with Crippen LogP contribution >= 0.6 is 0 Å². The standard InChI is InChI=1S/C16H22N2O4S/c17-12-2-1-6-18(11-12)16(19)5-9-23(20)13-3-4-14-15(10-13)22-8-7-21-14/h3-4,10,12H,1-2,5-9,11,17H2. The van der Waals surface area contributed by atoms with Crippen LogP contribution < -0.4 is 15.2 Å². The Morgan fingerprint density at radius 2 is 2.09 bits per heavy atom. The molecular formula is C16H22N2O4S. The molecule has 0 bridgehead atoms. The van der Waals surface area contributed by atoms with Crippen molar-refractivity contribution in [2.75, 3.05) is 32.1 Å². The van der Waals surface area contributed by atoms with Crippen LogP contribution in [-0.4, -0.2) is 53.1 Å². The molecule has 2 aliphatic rings. The Balaban J connectivity index is 1.55. The second-order valence-corrected chi connectivity index (χ2v) is 7.42. The zero-order chi connectivity index (χ0) is 16.2. The van der Waals surface area contributed by atoms with Gasteiger partial charge in [0.05, 0.1) is 10.8 Å². The van der Waals surface area contributed by atoms with E-state index in [4.69, 9.17) is 15.2 Å². The zero-order valence-electron chi connectivity index (χ0n) is 13.0. The van der Waals surface area contributed by atoms with Crippen molar-refractivity contribution in [1.82, 2.24) is 4.90 Å². The van der Waals surface area contributed by atoms with Crippen LogP contribution in [0.15, 0.2) is 23.1 Å². The lowest BCUT2D eigenvalue weighted by Gasteiger charge is -2.30. The van der Waals surface area contributed by atoms with Crippen LogP contribution in [0.3, 0.4) is 0 Å². The summed E-state index contributed by atoms with van der Waals surface area (Å²) in [7, 11) is -1.23. The summed E-state index contributed by atoms with van der Waals surface area (Å²) in [4.78, 5) is 14.7. The molecule has 7 heteroatoms. The number of amides is 1. The predicted octanol–water partition coefficient (Wildman–Crippen LogP) is 0.905. The maximum absolute atomic E-state index is 12.4. The highest BCUT2D eigenvalue weighted by Gasteiger charge is 2.22. The van der Waals surface area contributed by atoms with Crippen LogP contribution in [0.4, 0.5) is 0 Å². The average molecular weight is 338 g/mol. The number of ether oxygens (including phenoxy) is 2. The second-order valence-electron chi connectivity index (χ2n) is 5.85. The predicted molar refractivity (Wildman–Crippen MR) is 87.1 cm³/mol. The third-order valence-corrected chi connectivity index (χ3v) is 5.44. The van der Waals surface area contributed by atoms with E-state index in [1.54, 1.807) is 23.1 Å². The minimum absolute atomic E-state index is 0.0334. The fourth-order valence-corrected chi connectivity index (χ4v) is 3.91. The number of nitrogens with two attached hydrogens (primary N) is 1. The summed E-state index contributed by atoms with van der Waals surface area (Å²) in [6.07, 6.45) is 2.18. The van der Waals surface area contributed by atoms with E-state index in [2.05, 4.69) is 0 Å². The molecular weight excluding hydrogens is 316 g/mol. The van der Waals surface area contributed by atoms with Crippen LogP contribution in [-0.2, 0) is 15.6 Å². The van der Waals surface area contributed by atoms with Crippen molar-refractivity contribution in [1.29, 1.82) is 0 Å². The van der Waals surface area contributed by atoms with Gasteiger partial charge in [0, 0.05) is 42.3 Å². The highest BCUT2D eigenvalue weighted by molar-refractivity contribution is 7.85. The Labute approximate surface area is 138 Å². The molecule has 126 valence electrons. The number of likely N-dealkylation sites (tertiary alicyclic amines) is 1. The molecule has 1 saturated heterocycles. The zero-order valence-corrected chi connectivity index (χ0v) is 13.8. The molecule has 23 heavy (non-hydrogen) atoms. The third-order valence-electron chi connectivity index (χ3n) is 4.09. The summed E-state index contributed by atoms with van der Waals surface area (Å²) in [5, 5.41) is 0. The molecule has 2 aliphatic heterocycles. The molecule has 6 nitrogen and oxygen atoms in total. The van der Waals surface area contributed by atoms with E-state index >= 15 is 0 Å². The molecule has 0 spiro atoms. The first-order chi connectivity index (χ1) is 11.1. The number of carbonyl (C=O) groups is 1. The summed E-state index contributed by atoms with van der Waals surface area (Å²) in [6, 6.07) is 5.35. The number of nitrogens with zero attached hydrogens (tertiary/aromatic N) is 1. The first kappa shape index (κ1) is 16.3. The molecule has 0 radical (unpaired) electrons. The van der Waals surface area contributed by atoms with Crippen LogP contribution in [0.5, 0.6) is 11.5 Å². The lowest BCUT2D eigenvalue weighted by atomic mass is 10.1. The van der Waals surface area contributed by atoms with Gasteiger partial charge in [-0.05, 0) is 25.0 Å². The largest absolute Gasteiger partial charge is 0.486 e. The van der Waals surface area contributed by atoms with Crippen molar-refractivity contribution in [3.05, 3.63) is 18.2 Å². The monoisotopic (exact) mass is 338 g/mol. The Bertz CT molecular complexity index is 608. The first-order valence-corrected chi connectivity index (χ1v) is 9.27. The van der Waals surface area contributed by atoms with E-state index in [1.165, 1.54) is 0 Å². The van der Waals surface area contributed by atoms with E-state index in [-0.39, 0.29) is 18.4 Å². The Hall–Kier alpha value is -1.60. The summed E-state index contributed by atoms with van der Waals surface area (Å²) >= 11 is 0. The average Bonchev–Trinajstić information content (AvgIpc) is 2.59. The highest BCUT2D eigenvalue weighted by atomic mass is 32.2. The topological polar surface area (TPSA) is 81.9 Å². The van der Waals surface area contributed by atoms with Crippen LogP contribution in [0.25, 0.3) is 0 Å². The van der Waals surface area contributed by atoms with Gasteiger partial charge >= 0.3 is 0 Å². The molecule has 1 aromatic rings. The number of fused-ring (bicyclic) bond motifs is 1. The summed E-state index contributed by atoms with van der Waals surface area (Å²) in [5.41, 5.74) is 5.90. The maximum atomic E-state index is 12.4. The van der Waals surface area contributed by atoms with E-state index in [1.807, 2.05) is 0 Å². The smallest absolute Gasteiger partial charge is 0.223 e. The van der Waals surface area contributed by atoms with Crippen molar-refractivity contribution in [3.8, 4) is 11.5 Å². The van der Waals surface area contributed by atoms with Gasteiger partial charge in [-0.15, -0.1) is 0 Å². The number of piperidine rings is 1. The fourth-order valence-electron chi connectivity index (χ4n) is 2.86. The molecule has 0 aromatic heterocycles. The van der Waals surface area contributed by atoms with Gasteiger partial charge in [-0.2, -0.15) is 0 Å². The van der Waals surface area contributed by atoms with Gasteiger partial charge < -0.3 is 20.1 Å². The molecule has 2 atom stereocenters. The Kier molecular flexibility index (Phi) is 5.17. The van der Waals surface area contributed by atoms with Gasteiger partial charge in [0.25, 0.3) is 0 Å². The van der Waals surface area contributed by atoms with Crippen molar-refractivity contribution >= 4 is 16.7 Å². The van der Waals surface area contributed by atoms with Gasteiger partial charge in [0.2, 0.25) is 5.91 Å². The van der Waals surface area contributed by atoms with Crippen LogP contribution in [0.1, 0.15) is 19.3 Å². The summed E-state index contributed by atoms with van der Waals surface area (Å²) in [6.45, 7) is 2.39. The van der Waals surface area contributed by atoms with Gasteiger partial charge in [-0.1, -0.05) is 0 Å². The Morgan fingerprint density at radius 1 is 1.30 bits per heavy atom. The van der Waals surface area contributed by atoms with Crippen molar-refractivity contribution in [2.45, 2.75) is 30.2 Å². The molecule has 3 rings (SSSR count). The molecule has 0 aliphatic carbocycles. The van der Waals surface area contributed by atoms with Gasteiger partial charge in [0.15, 0.2) is 11.5 Å².